The van der Waals surface area contributed by atoms with Crippen molar-refractivity contribution in [2.24, 2.45) is 5.73 Å². The number of aryl methyl sites for hydroxylation is 1. The first-order chi connectivity index (χ1) is 7.18. The van der Waals surface area contributed by atoms with Crippen LogP contribution in [-0.2, 0) is 6.42 Å². The lowest BCUT2D eigenvalue weighted by Crippen LogP contribution is -2.44. The minimum absolute atomic E-state index is 0.0266. The van der Waals surface area contributed by atoms with Crippen LogP contribution < -0.4 is 5.73 Å². The Hall–Kier alpha value is -0.380. The van der Waals surface area contributed by atoms with Crippen molar-refractivity contribution in [1.29, 1.82) is 0 Å². The van der Waals surface area contributed by atoms with E-state index in [0.717, 1.165) is 38.5 Å². The van der Waals surface area contributed by atoms with E-state index in [2.05, 4.69) is 16.8 Å². The van der Waals surface area contributed by atoms with Gasteiger partial charge in [0.25, 0.3) is 0 Å². The number of rotatable bonds is 3. The summed E-state index contributed by atoms with van der Waals surface area (Å²) in [5.74, 6) is 0. The first kappa shape index (κ1) is 11.1. The Balaban J connectivity index is 1.83. The molecule has 1 heterocycles. The first-order valence-corrected chi connectivity index (χ1v) is 6.60. The predicted octanol–water partition coefficient (Wildman–Crippen LogP) is 2.31. The zero-order chi connectivity index (χ0) is 10.7. The lowest BCUT2D eigenvalue weighted by atomic mass is 9.78. The first-order valence-electron chi connectivity index (χ1n) is 5.66. The van der Waals surface area contributed by atoms with E-state index in [0.29, 0.717) is 0 Å². The number of nitrogens with two attached hydrogens (primary N) is 1. The molecule has 0 spiro atoms. The normalized spacial score (nSPS) is 31.7. The van der Waals surface area contributed by atoms with Gasteiger partial charge < -0.3 is 10.8 Å². The molecule has 0 atom stereocenters. The van der Waals surface area contributed by atoms with Crippen LogP contribution in [0.15, 0.2) is 16.8 Å². The number of aliphatic hydroxyl groups is 1. The van der Waals surface area contributed by atoms with Gasteiger partial charge in [-0.2, -0.15) is 11.3 Å². The van der Waals surface area contributed by atoms with Crippen molar-refractivity contribution in [3.63, 3.8) is 0 Å². The van der Waals surface area contributed by atoms with E-state index in [1.165, 1.54) is 5.56 Å². The van der Waals surface area contributed by atoms with E-state index in [1.807, 2.05) is 0 Å². The van der Waals surface area contributed by atoms with Crippen LogP contribution >= 0.6 is 11.3 Å². The van der Waals surface area contributed by atoms with Crippen molar-refractivity contribution in [2.45, 2.75) is 50.2 Å². The Kier molecular flexibility index (Phi) is 3.44. The maximum absolute atomic E-state index is 9.44. The van der Waals surface area contributed by atoms with Crippen molar-refractivity contribution in [3.05, 3.63) is 22.4 Å². The summed E-state index contributed by atoms with van der Waals surface area (Å²) in [5, 5.41) is 13.7. The molecule has 0 aromatic carbocycles. The summed E-state index contributed by atoms with van der Waals surface area (Å²) in [7, 11) is 0. The molecule has 0 unspecified atom stereocenters. The topological polar surface area (TPSA) is 46.2 Å². The van der Waals surface area contributed by atoms with E-state index in [-0.39, 0.29) is 11.6 Å². The third kappa shape index (κ3) is 3.03. The van der Waals surface area contributed by atoms with E-state index >= 15 is 0 Å². The van der Waals surface area contributed by atoms with E-state index < -0.39 is 0 Å². The average Bonchev–Trinajstić information content (AvgIpc) is 2.73. The molecule has 0 aliphatic heterocycles. The van der Waals surface area contributed by atoms with Gasteiger partial charge in [-0.3, -0.25) is 0 Å². The number of thiophene rings is 1. The highest BCUT2D eigenvalue weighted by molar-refractivity contribution is 7.07. The number of hydrogen-bond donors (Lipinski definition) is 2. The van der Waals surface area contributed by atoms with Crippen LogP contribution in [-0.4, -0.2) is 16.7 Å². The summed E-state index contributed by atoms with van der Waals surface area (Å²) in [4.78, 5) is 0. The summed E-state index contributed by atoms with van der Waals surface area (Å²) < 4.78 is 0. The summed E-state index contributed by atoms with van der Waals surface area (Å²) in [6.45, 7) is 0. The Morgan fingerprint density at radius 3 is 2.80 bits per heavy atom. The fraction of sp³-hybridized carbons (Fsp3) is 0.667. The van der Waals surface area contributed by atoms with Crippen molar-refractivity contribution < 1.29 is 5.11 Å². The molecule has 1 aromatic rings. The van der Waals surface area contributed by atoms with Crippen LogP contribution in [0.3, 0.4) is 0 Å². The number of hydrogen-bond acceptors (Lipinski definition) is 3. The van der Waals surface area contributed by atoms with E-state index in [4.69, 9.17) is 5.73 Å². The average molecular weight is 225 g/mol. The molecule has 2 nitrogen and oxygen atoms in total. The monoisotopic (exact) mass is 225 g/mol. The Bertz CT molecular complexity index is 289. The summed E-state index contributed by atoms with van der Waals surface area (Å²) in [6, 6.07) is 2.17. The molecule has 1 aromatic heterocycles. The van der Waals surface area contributed by atoms with Gasteiger partial charge in [0.15, 0.2) is 0 Å². The van der Waals surface area contributed by atoms with Crippen molar-refractivity contribution in [2.75, 3.05) is 0 Å². The van der Waals surface area contributed by atoms with Crippen LogP contribution in [0.1, 0.15) is 37.7 Å². The van der Waals surface area contributed by atoms with Crippen LogP contribution in [0.4, 0.5) is 0 Å². The molecule has 1 aliphatic rings. The van der Waals surface area contributed by atoms with E-state index in [9.17, 15) is 5.11 Å². The summed E-state index contributed by atoms with van der Waals surface area (Å²) in [6.07, 6.45) is 5.71. The van der Waals surface area contributed by atoms with Gasteiger partial charge in [-0.15, -0.1) is 0 Å². The fourth-order valence-corrected chi connectivity index (χ4v) is 2.96. The van der Waals surface area contributed by atoms with Gasteiger partial charge in [-0.1, -0.05) is 0 Å². The number of aliphatic hydroxyl groups excluding tert-OH is 1. The molecule has 15 heavy (non-hydrogen) atoms. The fourth-order valence-electron chi connectivity index (χ4n) is 2.26. The zero-order valence-electron chi connectivity index (χ0n) is 8.98. The molecule has 2 rings (SSSR count). The molecule has 1 aliphatic carbocycles. The van der Waals surface area contributed by atoms with Crippen LogP contribution in [0.5, 0.6) is 0 Å². The minimum atomic E-state index is -0.108. The quantitative estimate of drug-likeness (QED) is 0.829. The molecule has 0 amide bonds. The largest absolute Gasteiger partial charge is 0.393 e. The Labute approximate surface area is 95.1 Å². The maximum Gasteiger partial charge on any atom is 0.0541 e. The van der Waals surface area contributed by atoms with Crippen molar-refractivity contribution in [3.8, 4) is 0 Å². The van der Waals surface area contributed by atoms with Gasteiger partial charge in [0.1, 0.15) is 0 Å². The van der Waals surface area contributed by atoms with Gasteiger partial charge in [0, 0.05) is 5.54 Å². The third-order valence-corrected chi connectivity index (χ3v) is 4.17. The van der Waals surface area contributed by atoms with E-state index in [1.54, 1.807) is 11.3 Å². The Morgan fingerprint density at radius 2 is 2.20 bits per heavy atom. The lowest BCUT2D eigenvalue weighted by Gasteiger charge is -2.35. The van der Waals surface area contributed by atoms with Gasteiger partial charge in [-0.05, 0) is 60.9 Å². The van der Waals surface area contributed by atoms with Crippen LogP contribution in [0.2, 0.25) is 0 Å². The third-order valence-electron chi connectivity index (χ3n) is 3.44. The van der Waals surface area contributed by atoms with Crippen molar-refractivity contribution in [1.82, 2.24) is 0 Å². The molecule has 0 bridgehead atoms. The second-order valence-corrected chi connectivity index (χ2v) is 5.51. The molecule has 84 valence electrons. The van der Waals surface area contributed by atoms with Gasteiger partial charge in [0.05, 0.1) is 6.10 Å². The van der Waals surface area contributed by atoms with Gasteiger partial charge in [-0.25, -0.2) is 0 Å². The summed E-state index contributed by atoms with van der Waals surface area (Å²) in [5.41, 5.74) is 7.70. The summed E-state index contributed by atoms with van der Waals surface area (Å²) >= 11 is 1.74. The highest BCUT2D eigenvalue weighted by Gasteiger charge is 2.30. The smallest absolute Gasteiger partial charge is 0.0541 e. The second kappa shape index (κ2) is 4.64. The Morgan fingerprint density at radius 1 is 1.47 bits per heavy atom. The maximum atomic E-state index is 9.44. The molecule has 3 N–H and O–H groups in total. The minimum Gasteiger partial charge on any atom is -0.393 e. The molecule has 3 heteroatoms. The van der Waals surface area contributed by atoms with Crippen LogP contribution in [0.25, 0.3) is 0 Å². The molecule has 0 radical (unpaired) electrons. The molecular weight excluding hydrogens is 206 g/mol. The molecular formula is C12H19NOS. The second-order valence-electron chi connectivity index (χ2n) is 4.73. The highest BCUT2D eigenvalue weighted by Crippen LogP contribution is 2.30. The van der Waals surface area contributed by atoms with Gasteiger partial charge >= 0.3 is 0 Å². The lowest BCUT2D eigenvalue weighted by molar-refractivity contribution is 0.0945. The predicted molar refractivity (Wildman–Crippen MR) is 64.0 cm³/mol. The molecule has 1 saturated carbocycles. The molecule has 1 fully saturated rings. The molecule has 0 saturated heterocycles. The zero-order valence-corrected chi connectivity index (χ0v) is 9.80. The van der Waals surface area contributed by atoms with Crippen molar-refractivity contribution >= 4 is 11.3 Å². The SMILES string of the molecule is NC1(CCc2ccsc2)CCC(O)CC1. The van der Waals surface area contributed by atoms with Gasteiger partial charge in [0.2, 0.25) is 0 Å². The highest BCUT2D eigenvalue weighted by atomic mass is 32.1. The van der Waals surface area contributed by atoms with Crippen LogP contribution in [0, 0.1) is 0 Å². The standard InChI is InChI=1S/C12H19NOS/c13-12(6-2-11(14)3-7-12)5-1-10-4-8-15-9-10/h4,8-9,11,14H,1-3,5-7,13H2.